The lowest BCUT2D eigenvalue weighted by Crippen LogP contribution is -2.44. The summed E-state index contributed by atoms with van der Waals surface area (Å²) >= 11 is 0. The average molecular weight is 270 g/mol. The smallest absolute Gasteiger partial charge is 0.330 e. The number of rotatable bonds is 4. The number of ether oxygens (including phenoxy) is 1. The van der Waals surface area contributed by atoms with Gasteiger partial charge in [0.25, 0.3) is 5.91 Å². The molecule has 1 amide bonds. The summed E-state index contributed by atoms with van der Waals surface area (Å²) in [6.45, 7) is 5.19. The van der Waals surface area contributed by atoms with Crippen LogP contribution in [0.4, 0.5) is 0 Å². The Balaban J connectivity index is 2.78. The number of aliphatic hydroxyl groups excluding tert-OH is 1. The van der Waals surface area contributed by atoms with Gasteiger partial charge in [0.1, 0.15) is 5.82 Å². The van der Waals surface area contributed by atoms with Crippen LogP contribution in [0.3, 0.4) is 0 Å². The van der Waals surface area contributed by atoms with Crippen molar-refractivity contribution in [1.29, 1.82) is 0 Å². The van der Waals surface area contributed by atoms with Crippen molar-refractivity contribution in [2.24, 2.45) is 0 Å². The van der Waals surface area contributed by atoms with E-state index in [-0.39, 0.29) is 11.2 Å². The van der Waals surface area contributed by atoms with Crippen LogP contribution in [0.15, 0.2) is 0 Å². The molecule has 19 heavy (non-hydrogen) atoms. The largest absolute Gasteiger partial charge is 0.467 e. The van der Waals surface area contributed by atoms with Gasteiger partial charge in [0, 0.05) is 5.41 Å². The zero-order valence-corrected chi connectivity index (χ0v) is 11.4. The molecule has 1 aromatic heterocycles. The minimum atomic E-state index is -1.13. The van der Waals surface area contributed by atoms with Gasteiger partial charge in [-0.05, 0) is 0 Å². The van der Waals surface area contributed by atoms with Gasteiger partial charge in [-0.3, -0.25) is 9.89 Å². The molecule has 0 saturated heterocycles. The van der Waals surface area contributed by atoms with Crippen molar-refractivity contribution < 1.29 is 19.4 Å². The van der Waals surface area contributed by atoms with Crippen LogP contribution >= 0.6 is 0 Å². The van der Waals surface area contributed by atoms with Gasteiger partial charge in [-0.2, -0.15) is 0 Å². The highest BCUT2D eigenvalue weighted by molar-refractivity contribution is 5.93. The number of esters is 1. The van der Waals surface area contributed by atoms with Crippen LogP contribution < -0.4 is 5.32 Å². The normalized spacial score (nSPS) is 12.9. The van der Waals surface area contributed by atoms with E-state index in [1.165, 1.54) is 7.11 Å². The molecular weight excluding hydrogens is 252 g/mol. The molecule has 8 nitrogen and oxygen atoms in total. The summed E-state index contributed by atoms with van der Waals surface area (Å²) in [5.41, 5.74) is -0.274. The molecule has 8 heteroatoms. The molecule has 1 aromatic rings. The molecule has 3 N–H and O–H groups in total. The Morgan fingerprint density at radius 1 is 1.47 bits per heavy atom. The minimum Gasteiger partial charge on any atom is -0.467 e. The van der Waals surface area contributed by atoms with E-state index in [0.717, 1.165) is 0 Å². The predicted molar refractivity (Wildman–Crippen MR) is 65.4 cm³/mol. The molecule has 0 aliphatic carbocycles. The highest BCUT2D eigenvalue weighted by Crippen LogP contribution is 2.17. The number of carbonyl (C=O) groups is 2. The number of aromatic nitrogens is 3. The van der Waals surface area contributed by atoms with Crippen molar-refractivity contribution in [2.75, 3.05) is 13.7 Å². The SMILES string of the molecule is COC(=O)C(CO)NC(=O)c1n[nH]c(C(C)(C)C)n1. The highest BCUT2D eigenvalue weighted by atomic mass is 16.5. The number of amides is 1. The molecule has 0 fully saturated rings. The van der Waals surface area contributed by atoms with E-state index in [0.29, 0.717) is 5.82 Å². The molecule has 1 rings (SSSR count). The predicted octanol–water partition coefficient (Wildman–Crippen LogP) is -0.634. The van der Waals surface area contributed by atoms with Crippen LogP contribution in [0.5, 0.6) is 0 Å². The first-order valence-corrected chi connectivity index (χ1v) is 5.72. The Hall–Kier alpha value is -1.96. The van der Waals surface area contributed by atoms with Gasteiger partial charge in [-0.15, -0.1) is 5.10 Å². The average Bonchev–Trinajstić information content (AvgIpc) is 2.84. The minimum absolute atomic E-state index is 0.0905. The second kappa shape index (κ2) is 5.79. The molecule has 1 atom stereocenters. The maximum Gasteiger partial charge on any atom is 0.330 e. The van der Waals surface area contributed by atoms with Gasteiger partial charge in [-0.25, -0.2) is 9.78 Å². The lowest BCUT2D eigenvalue weighted by atomic mass is 9.96. The third-order valence-corrected chi connectivity index (χ3v) is 2.37. The standard InChI is InChI=1S/C11H18N4O4/c1-11(2,3)10-13-7(14-15-10)8(17)12-6(5-16)9(18)19-4/h6,16H,5H2,1-4H3,(H,12,17)(H,13,14,15). The number of carbonyl (C=O) groups excluding carboxylic acids is 2. The zero-order valence-electron chi connectivity index (χ0n) is 11.4. The maximum atomic E-state index is 11.8. The van der Waals surface area contributed by atoms with E-state index >= 15 is 0 Å². The molecule has 1 heterocycles. The lowest BCUT2D eigenvalue weighted by molar-refractivity contribution is -0.143. The molecule has 0 aliphatic rings. The fourth-order valence-corrected chi connectivity index (χ4v) is 1.24. The number of nitrogens with one attached hydrogen (secondary N) is 2. The van der Waals surface area contributed by atoms with Crippen LogP contribution in [0.25, 0.3) is 0 Å². The van der Waals surface area contributed by atoms with Crippen molar-refractivity contribution in [3.8, 4) is 0 Å². The quantitative estimate of drug-likeness (QED) is 0.627. The number of nitrogens with zero attached hydrogens (tertiary/aromatic N) is 2. The van der Waals surface area contributed by atoms with E-state index in [1.54, 1.807) is 0 Å². The summed E-state index contributed by atoms with van der Waals surface area (Å²) in [5, 5.41) is 17.7. The van der Waals surface area contributed by atoms with Crippen molar-refractivity contribution in [3.63, 3.8) is 0 Å². The summed E-state index contributed by atoms with van der Waals surface area (Å²) < 4.78 is 4.44. The molecule has 0 bridgehead atoms. The van der Waals surface area contributed by atoms with Gasteiger partial charge in [0.15, 0.2) is 6.04 Å². The lowest BCUT2D eigenvalue weighted by Gasteiger charge is -2.13. The van der Waals surface area contributed by atoms with Gasteiger partial charge in [0.2, 0.25) is 5.82 Å². The van der Waals surface area contributed by atoms with E-state index in [9.17, 15) is 9.59 Å². The third kappa shape index (κ3) is 3.75. The molecular formula is C11H18N4O4. The number of aliphatic hydroxyl groups is 1. The zero-order chi connectivity index (χ0) is 14.6. The van der Waals surface area contributed by atoms with Gasteiger partial charge in [0.05, 0.1) is 13.7 Å². The van der Waals surface area contributed by atoms with E-state index in [4.69, 9.17) is 5.11 Å². The first-order valence-electron chi connectivity index (χ1n) is 5.72. The van der Waals surface area contributed by atoms with E-state index in [1.807, 2.05) is 20.8 Å². The fourth-order valence-electron chi connectivity index (χ4n) is 1.24. The van der Waals surface area contributed by atoms with Crippen LogP contribution in [0.1, 0.15) is 37.2 Å². The number of methoxy groups -OCH3 is 1. The number of hydrogen-bond acceptors (Lipinski definition) is 6. The van der Waals surface area contributed by atoms with Crippen LogP contribution in [0, 0.1) is 0 Å². The first kappa shape index (κ1) is 15.1. The van der Waals surface area contributed by atoms with Crippen LogP contribution in [0.2, 0.25) is 0 Å². The van der Waals surface area contributed by atoms with Crippen LogP contribution in [-0.2, 0) is 14.9 Å². The molecule has 0 radical (unpaired) electrons. The Labute approximate surface area is 110 Å². The van der Waals surface area contributed by atoms with E-state index in [2.05, 4.69) is 25.2 Å². The van der Waals surface area contributed by atoms with Crippen molar-refractivity contribution in [3.05, 3.63) is 11.6 Å². The maximum absolute atomic E-state index is 11.8. The molecule has 0 aliphatic heterocycles. The summed E-state index contributed by atoms with van der Waals surface area (Å²) in [5.74, 6) is -0.929. The summed E-state index contributed by atoms with van der Waals surface area (Å²) in [7, 11) is 1.17. The molecule has 0 saturated carbocycles. The summed E-state index contributed by atoms with van der Waals surface area (Å²) in [4.78, 5) is 27.1. The van der Waals surface area contributed by atoms with Crippen molar-refractivity contribution in [2.45, 2.75) is 32.2 Å². The van der Waals surface area contributed by atoms with Gasteiger partial charge < -0.3 is 15.2 Å². The molecule has 0 spiro atoms. The van der Waals surface area contributed by atoms with Crippen molar-refractivity contribution in [1.82, 2.24) is 20.5 Å². The van der Waals surface area contributed by atoms with Gasteiger partial charge >= 0.3 is 5.97 Å². The second-order valence-corrected chi connectivity index (χ2v) is 4.99. The number of hydrogen-bond donors (Lipinski definition) is 3. The van der Waals surface area contributed by atoms with Crippen LogP contribution in [-0.4, -0.2) is 51.9 Å². The monoisotopic (exact) mass is 270 g/mol. The van der Waals surface area contributed by atoms with Gasteiger partial charge in [-0.1, -0.05) is 20.8 Å². The number of H-pyrrole nitrogens is 1. The summed E-state index contributed by atoms with van der Waals surface area (Å²) in [6.07, 6.45) is 0. The summed E-state index contributed by atoms with van der Waals surface area (Å²) in [6, 6.07) is -1.13. The Morgan fingerprint density at radius 3 is 2.53 bits per heavy atom. The first-order chi connectivity index (χ1) is 8.79. The molecule has 1 unspecified atom stereocenters. The third-order valence-electron chi connectivity index (χ3n) is 2.37. The Morgan fingerprint density at radius 2 is 2.11 bits per heavy atom. The molecule has 0 aromatic carbocycles. The highest BCUT2D eigenvalue weighted by Gasteiger charge is 2.25. The molecule has 106 valence electrons. The number of aromatic amines is 1. The van der Waals surface area contributed by atoms with Crippen molar-refractivity contribution >= 4 is 11.9 Å². The Kier molecular flexibility index (Phi) is 4.60. The second-order valence-electron chi connectivity index (χ2n) is 4.99. The van der Waals surface area contributed by atoms with E-state index < -0.39 is 24.5 Å². The Bertz CT molecular complexity index is 464. The topological polar surface area (TPSA) is 117 Å². The fraction of sp³-hybridized carbons (Fsp3) is 0.636.